The van der Waals surface area contributed by atoms with Crippen molar-refractivity contribution in [1.82, 2.24) is 16.2 Å². The van der Waals surface area contributed by atoms with Crippen molar-refractivity contribution in [3.8, 4) is 0 Å². The Balaban J connectivity index is 2.03. The number of carbonyl (C=O) groups excluding carboxylic acids is 1. The molecule has 0 saturated carbocycles. The number of hydrogen-bond acceptors (Lipinski definition) is 4. The Morgan fingerprint density at radius 1 is 1.32 bits per heavy atom. The number of nitrogens with one attached hydrogen (secondary N) is 3. The highest BCUT2D eigenvalue weighted by Crippen LogP contribution is 2.30. The van der Waals surface area contributed by atoms with Crippen LogP contribution in [0, 0.1) is 5.92 Å². The lowest BCUT2D eigenvalue weighted by Crippen LogP contribution is -2.52. The molecular formula is C16H25BrN4O. The first kappa shape index (κ1) is 17.4. The van der Waals surface area contributed by atoms with Gasteiger partial charge < -0.3 is 11.1 Å². The zero-order valence-electron chi connectivity index (χ0n) is 13.1. The minimum Gasteiger partial charge on any atom is -0.338 e. The number of nitrogens with two attached hydrogens (primary N) is 1. The number of halogens is 1. The Labute approximate surface area is 140 Å². The van der Waals surface area contributed by atoms with Crippen LogP contribution in [0.25, 0.3) is 0 Å². The molecule has 0 radical (unpaired) electrons. The topological polar surface area (TPSA) is 79.2 Å². The Morgan fingerprint density at radius 2 is 2.00 bits per heavy atom. The van der Waals surface area contributed by atoms with Crippen LogP contribution in [0.4, 0.5) is 0 Å². The van der Waals surface area contributed by atoms with E-state index in [1.807, 2.05) is 19.1 Å². The second kappa shape index (κ2) is 8.06. The third-order valence-corrected chi connectivity index (χ3v) is 4.71. The van der Waals surface area contributed by atoms with Gasteiger partial charge in [0.15, 0.2) is 0 Å². The minimum atomic E-state index is -0.434. The van der Waals surface area contributed by atoms with Gasteiger partial charge in [-0.25, -0.2) is 10.9 Å². The van der Waals surface area contributed by atoms with Gasteiger partial charge in [0.1, 0.15) is 0 Å². The van der Waals surface area contributed by atoms with E-state index in [1.165, 1.54) is 5.56 Å². The van der Waals surface area contributed by atoms with Gasteiger partial charge in [0.2, 0.25) is 5.91 Å². The average molecular weight is 369 g/mol. The predicted octanol–water partition coefficient (Wildman–Crippen LogP) is 2.19. The van der Waals surface area contributed by atoms with Crippen LogP contribution in [0.2, 0.25) is 0 Å². The van der Waals surface area contributed by atoms with Crippen molar-refractivity contribution in [2.75, 3.05) is 0 Å². The van der Waals surface area contributed by atoms with Gasteiger partial charge >= 0.3 is 0 Å². The molecule has 0 bridgehead atoms. The summed E-state index contributed by atoms with van der Waals surface area (Å²) in [5.74, 6) is 0.190. The van der Waals surface area contributed by atoms with Crippen LogP contribution in [-0.2, 0) is 4.79 Å². The summed E-state index contributed by atoms with van der Waals surface area (Å²) in [5.41, 5.74) is 13.6. The molecule has 1 aromatic rings. The first-order chi connectivity index (χ1) is 10.6. The van der Waals surface area contributed by atoms with Crippen LogP contribution < -0.4 is 21.9 Å². The molecule has 1 aliphatic heterocycles. The van der Waals surface area contributed by atoms with Crippen LogP contribution in [0.5, 0.6) is 0 Å². The van der Waals surface area contributed by atoms with Crippen LogP contribution in [-0.4, -0.2) is 18.1 Å². The number of carbonyl (C=O) groups is 1. The average Bonchev–Trinajstić information content (AvgIpc) is 2.90. The molecule has 1 saturated heterocycles. The van der Waals surface area contributed by atoms with Gasteiger partial charge in [-0.05, 0) is 30.5 Å². The molecule has 1 aromatic carbocycles. The SMILES string of the molecule is CCCC(N)C(=O)NC1NNC(c2ccc(Br)cc2)C1CC. The Bertz CT molecular complexity index is 493. The quantitative estimate of drug-likeness (QED) is 0.620. The van der Waals surface area contributed by atoms with Crippen molar-refractivity contribution in [3.05, 3.63) is 34.3 Å². The van der Waals surface area contributed by atoms with Gasteiger partial charge in [-0.3, -0.25) is 4.79 Å². The zero-order valence-corrected chi connectivity index (χ0v) is 14.7. The van der Waals surface area contributed by atoms with Gasteiger partial charge in [-0.15, -0.1) is 0 Å². The predicted molar refractivity (Wildman–Crippen MR) is 91.7 cm³/mol. The number of hydrogen-bond donors (Lipinski definition) is 4. The molecular weight excluding hydrogens is 344 g/mol. The molecule has 6 heteroatoms. The number of rotatable bonds is 6. The maximum absolute atomic E-state index is 12.1. The lowest BCUT2D eigenvalue weighted by atomic mass is 9.90. The zero-order chi connectivity index (χ0) is 16.1. The third kappa shape index (κ3) is 4.07. The molecule has 1 amide bonds. The summed E-state index contributed by atoms with van der Waals surface area (Å²) in [5, 5.41) is 3.03. The molecule has 0 spiro atoms. The standard InChI is InChI=1S/C16H25BrN4O/c1-3-5-13(18)16(22)19-15-12(4-2)14(20-21-15)10-6-8-11(17)9-7-10/h6-9,12-15,20-21H,3-5,18H2,1-2H3,(H,19,22). The summed E-state index contributed by atoms with van der Waals surface area (Å²) in [6, 6.07) is 8.00. The summed E-state index contributed by atoms with van der Waals surface area (Å²) in [6.45, 7) is 4.16. The Kier molecular flexibility index (Phi) is 6.37. The second-order valence-corrected chi connectivity index (χ2v) is 6.69. The molecule has 122 valence electrons. The normalized spacial score (nSPS) is 25.9. The van der Waals surface area contributed by atoms with E-state index in [1.54, 1.807) is 0 Å². The van der Waals surface area contributed by atoms with Crippen LogP contribution in [0.15, 0.2) is 28.7 Å². The highest BCUT2D eigenvalue weighted by atomic mass is 79.9. The molecule has 1 heterocycles. The van der Waals surface area contributed by atoms with Gasteiger partial charge in [0, 0.05) is 10.4 Å². The van der Waals surface area contributed by atoms with E-state index in [0.29, 0.717) is 6.42 Å². The van der Waals surface area contributed by atoms with E-state index in [2.05, 4.69) is 51.2 Å². The van der Waals surface area contributed by atoms with Crippen LogP contribution in [0.1, 0.15) is 44.7 Å². The molecule has 0 aliphatic carbocycles. The van der Waals surface area contributed by atoms with E-state index in [4.69, 9.17) is 5.73 Å². The van der Waals surface area contributed by atoms with E-state index in [-0.39, 0.29) is 24.0 Å². The van der Waals surface area contributed by atoms with Gasteiger partial charge in [0.25, 0.3) is 0 Å². The minimum absolute atomic E-state index is 0.0870. The summed E-state index contributed by atoms with van der Waals surface area (Å²) in [6.07, 6.45) is 2.46. The van der Waals surface area contributed by atoms with Gasteiger partial charge in [-0.2, -0.15) is 0 Å². The van der Waals surface area contributed by atoms with E-state index >= 15 is 0 Å². The van der Waals surface area contributed by atoms with E-state index in [9.17, 15) is 4.79 Å². The van der Waals surface area contributed by atoms with Gasteiger partial charge in [0.05, 0.1) is 18.2 Å². The number of hydrazine groups is 1. The fourth-order valence-electron chi connectivity index (χ4n) is 2.90. The lowest BCUT2D eigenvalue weighted by molar-refractivity contribution is -0.123. The molecule has 0 aromatic heterocycles. The molecule has 1 aliphatic rings. The Hall–Kier alpha value is -0.950. The molecule has 5 N–H and O–H groups in total. The number of benzene rings is 1. The monoisotopic (exact) mass is 368 g/mol. The molecule has 4 unspecified atom stereocenters. The Morgan fingerprint density at radius 3 is 2.59 bits per heavy atom. The molecule has 5 nitrogen and oxygen atoms in total. The first-order valence-electron chi connectivity index (χ1n) is 7.89. The van der Waals surface area contributed by atoms with Crippen molar-refractivity contribution in [2.45, 2.75) is 51.4 Å². The van der Waals surface area contributed by atoms with Crippen LogP contribution in [0.3, 0.4) is 0 Å². The van der Waals surface area contributed by atoms with Crippen molar-refractivity contribution in [2.24, 2.45) is 11.7 Å². The molecule has 2 rings (SSSR count). The second-order valence-electron chi connectivity index (χ2n) is 5.77. The first-order valence-corrected chi connectivity index (χ1v) is 8.68. The van der Waals surface area contributed by atoms with Crippen LogP contribution >= 0.6 is 15.9 Å². The van der Waals surface area contributed by atoms with E-state index < -0.39 is 6.04 Å². The van der Waals surface area contributed by atoms with Crippen molar-refractivity contribution < 1.29 is 4.79 Å². The summed E-state index contributed by atoms with van der Waals surface area (Å²) < 4.78 is 1.06. The molecule has 22 heavy (non-hydrogen) atoms. The summed E-state index contributed by atoms with van der Waals surface area (Å²) in [7, 11) is 0. The van der Waals surface area contributed by atoms with Crippen molar-refractivity contribution in [1.29, 1.82) is 0 Å². The maximum Gasteiger partial charge on any atom is 0.238 e. The molecule has 1 fully saturated rings. The largest absolute Gasteiger partial charge is 0.338 e. The number of amides is 1. The van der Waals surface area contributed by atoms with Crippen molar-refractivity contribution in [3.63, 3.8) is 0 Å². The smallest absolute Gasteiger partial charge is 0.238 e. The van der Waals surface area contributed by atoms with E-state index in [0.717, 1.165) is 17.3 Å². The summed E-state index contributed by atoms with van der Waals surface area (Å²) in [4.78, 5) is 12.1. The fourth-order valence-corrected chi connectivity index (χ4v) is 3.17. The lowest BCUT2D eigenvalue weighted by Gasteiger charge is -2.24. The van der Waals surface area contributed by atoms with Crippen molar-refractivity contribution >= 4 is 21.8 Å². The fraction of sp³-hybridized carbons (Fsp3) is 0.562. The highest BCUT2D eigenvalue weighted by Gasteiger charge is 2.36. The third-order valence-electron chi connectivity index (χ3n) is 4.19. The molecule has 4 atom stereocenters. The van der Waals surface area contributed by atoms with Gasteiger partial charge in [-0.1, -0.05) is 48.3 Å². The maximum atomic E-state index is 12.1. The summed E-state index contributed by atoms with van der Waals surface area (Å²) >= 11 is 3.45. The highest BCUT2D eigenvalue weighted by molar-refractivity contribution is 9.10.